The molecule has 0 aliphatic carbocycles. The van der Waals surface area contributed by atoms with Crippen molar-refractivity contribution in [3.63, 3.8) is 0 Å². The number of nitrogens with zero attached hydrogens (tertiary/aromatic N) is 2. The minimum absolute atomic E-state index is 0.234. The van der Waals surface area contributed by atoms with E-state index in [2.05, 4.69) is 18.4 Å². The van der Waals surface area contributed by atoms with Crippen LogP contribution in [-0.2, 0) is 14.3 Å². The molecule has 0 aromatic carbocycles. The Morgan fingerprint density at radius 3 is 2.59 bits per heavy atom. The molecular formula is C21H26N2O5S. The van der Waals surface area contributed by atoms with Crippen LogP contribution in [0.1, 0.15) is 59.7 Å². The van der Waals surface area contributed by atoms with Crippen molar-refractivity contribution in [3.05, 3.63) is 47.2 Å². The van der Waals surface area contributed by atoms with Crippen LogP contribution in [0.3, 0.4) is 0 Å². The van der Waals surface area contributed by atoms with Gasteiger partial charge in [0.15, 0.2) is 6.61 Å². The van der Waals surface area contributed by atoms with E-state index in [9.17, 15) is 14.4 Å². The van der Waals surface area contributed by atoms with E-state index >= 15 is 0 Å². The minimum Gasteiger partial charge on any atom is -0.466 e. The summed E-state index contributed by atoms with van der Waals surface area (Å²) in [5, 5.41) is -0.374. The van der Waals surface area contributed by atoms with Crippen LogP contribution in [0.5, 0.6) is 0 Å². The number of amides is 1. The Balaban J connectivity index is 1.68. The minimum atomic E-state index is -0.747. The molecule has 29 heavy (non-hydrogen) atoms. The molecule has 1 fully saturated rings. The number of hydrogen-bond donors (Lipinski definition) is 0. The highest BCUT2D eigenvalue weighted by Crippen LogP contribution is 2.41. The maximum absolute atomic E-state index is 12.7. The van der Waals surface area contributed by atoms with Gasteiger partial charge in [-0.05, 0) is 45.9 Å². The second-order valence-corrected chi connectivity index (χ2v) is 8.54. The molecule has 2 aromatic rings. The number of ether oxygens (including phenoxy) is 1. The van der Waals surface area contributed by atoms with Crippen molar-refractivity contribution in [2.45, 2.75) is 52.1 Å². The van der Waals surface area contributed by atoms with Gasteiger partial charge in [0.05, 0.1) is 6.26 Å². The first-order valence-corrected chi connectivity index (χ1v) is 10.6. The van der Waals surface area contributed by atoms with E-state index in [1.54, 1.807) is 12.1 Å². The first kappa shape index (κ1) is 21.2. The molecule has 2 aromatic heterocycles. The number of aryl methyl sites for hydroxylation is 1. The number of hydrogen-bond acceptors (Lipinski definition) is 6. The highest BCUT2D eigenvalue weighted by atomic mass is 32.2. The van der Waals surface area contributed by atoms with Crippen molar-refractivity contribution >= 4 is 29.4 Å². The van der Waals surface area contributed by atoms with Crippen LogP contribution in [0.4, 0.5) is 0 Å². The van der Waals surface area contributed by atoms with Crippen LogP contribution in [-0.4, -0.2) is 45.5 Å². The monoisotopic (exact) mass is 418 g/mol. The van der Waals surface area contributed by atoms with Crippen LogP contribution in [0.2, 0.25) is 0 Å². The third kappa shape index (κ3) is 4.12. The van der Waals surface area contributed by atoms with Gasteiger partial charge >= 0.3 is 5.97 Å². The highest BCUT2D eigenvalue weighted by Gasteiger charge is 2.43. The number of ketones is 1. The topological polar surface area (TPSA) is 81.8 Å². The molecular weight excluding hydrogens is 392 g/mol. The van der Waals surface area contributed by atoms with Gasteiger partial charge in [-0.15, -0.1) is 11.8 Å². The number of rotatable bonds is 6. The van der Waals surface area contributed by atoms with Gasteiger partial charge in [-0.2, -0.15) is 0 Å². The number of furan rings is 1. The van der Waals surface area contributed by atoms with Crippen LogP contribution >= 0.6 is 11.8 Å². The zero-order chi connectivity index (χ0) is 21.3. The van der Waals surface area contributed by atoms with Gasteiger partial charge in [0, 0.05) is 35.7 Å². The first-order chi connectivity index (χ1) is 13.7. The van der Waals surface area contributed by atoms with E-state index in [0.29, 0.717) is 17.1 Å². The third-order valence-corrected chi connectivity index (χ3v) is 6.35. The number of esters is 1. The molecule has 7 nitrogen and oxygen atoms in total. The fraction of sp³-hybridized carbons (Fsp3) is 0.476. The average molecular weight is 419 g/mol. The SMILES string of the molecule is CC(=O)N1[C@H](C(=O)OCC(=O)c2cc(C)n(C(C)C)c2C)CS[C@H]1c1ccco1. The standard InChI is InChI=1S/C21H26N2O5S/c1-12(2)22-13(3)9-16(14(22)4)18(25)10-28-21(26)17-11-29-20(23(17)15(5)24)19-7-6-8-27-19/h6-9,12,17,20H,10-11H2,1-5H3/t17-,20-/m0/s1. The second-order valence-electron chi connectivity index (χ2n) is 7.42. The number of carbonyl (C=O) groups is 3. The summed E-state index contributed by atoms with van der Waals surface area (Å²) in [6.45, 7) is 9.01. The van der Waals surface area contributed by atoms with Gasteiger partial charge in [-0.3, -0.25) is 9.59 Å². The van der Waals surface area contributed by atoms with Crippen LogP contribution in [0.25, 0.3) is 0 Å². The highest BCUT2D eigenvalue weighted by molar-refractivity contribution is 7.99. The van der Waals surface area contributed by atoms with Gasteiger partial charge < -0.3 is 18.6 Å². The molecule has 1 amide bonds. The van der Waals surface area contributed by atoms with E-state index in [0.717, 1.165) is 11.4 Å². The summed E-state index contributed by atoms with van der Waals surface area (Å²) in [4.78, 5) is 38.9. The summed E-state index contributed by atoms with van der Waals surface area (Å²) < 4.78 is 12.8. The van der Waals surface area contributed by atoms with Crippen molar-refractivity contribution in [3.8, 4) is 0 Å². The normalized spacial score (nSPS) is 19.0. The Bertz CT molecular complexity index is 916. The number of thioether (sulfide) groups is 1. The fourth-order valence-corrected chi connectivity index (χ4v) is 5.30. The molecule has 0 spiro atoms. The molecule has 1 aliphatic heterocycles. The summed E-state index contributed by atoms with van der Waals surface area (Å²) in [5.74, 6) is -0.0728. The lowest BCUT2D eigenvalue weighted by Crippen LogP contribution is -2.43. The van der Waals surface area contributed by atoms with Crippen LogP contribution in [0, 0.1) is 13.8 Å². The van der Waals surface area contributed by atoms with Gasteiger partial charge in [0.25, 0.3) is 0 Å². The van der Waals surface area contributed by atoms with Crippen molar-refractivity contribution in [1.29, 1.82) is 0 Å². The Morgan fingerprint density at radius 1 is 1.31 bits per heavy atom. The van der Waals surface area contributed by atoms with E-state index in [1.807, 2.05) is 19.9 Å². The summed E-state index contributed by atoms with van der Waals surface area (Å²) in [6, 6.07) is 4.83. The molecule has 0 saturated carbocycles. The quantitative estimate of drug-likeness (QED) is 0.526. The lowest BCUT2D eigenvalue weighted by Gasteiger charge is -2.25. The lowest BCUT2D eigenvalue weighted by molar-refractivity contribution is -0.152. The number of aromatic nitrogens is 1. The Labute approximate surface area is 174 Å². The Hall–Kier alpha value is -2.48. The Morgan fingerprint density at radius 2 is 2.03 bits per heavy atom. The summed E-state index contributed by atoms with van der Waals surface area (Å²) in [7, 11) is 0. The fourth-order valence-electron chi connectivity index (χ4n) is 3.89. The Kier molecular flexibility index (Phi) is 6.21. The number of Topliss-reactive ketones (excluding diaryl/α,β-unsaturated/α-hetero) is 1. The number of carbonyl (C=O) groups excluding carboxylic acids is 3. The van der Waals surface area contributed by atoms with Crippen LogP contribution in [0.15, 0.2) is 28.9 Å². The molecule has 1 aliphatic rings. The maximum Gasteiger partial charge on any atom is 0.330 e. The van der Waals surface area contributed by atoms with E-state index < -0.39 is 12.0 Å². The zero-order valence-corrected chi connectivity index (χ0v) is 18.1. The average Bonchev–Trinajstić information content (AvgIpc) is 3.37. The van der Waals surface area contributed by atoms with E-state index in [1.165, 1.54) is 29.8 Å². The molecule has 0 bridgehead atoms. The van der Waals surface area contributed by atoms with Gasteiger partial charge in [0.2, 0.25) is 11.7 Å². The van der Waals surface area contributed by atoms with Crippen molar-refractivity contribution < 1.29 is 23.5 Å². The third-order valence-electron chi connectivity index (χ3n) is 5.07. The van der Waals surface area contributed by atoms with Crippen molar-refractivity contribution in [2.24, 2.45) is 0 Å². The van der Waals surface area contributed by atoms with Gasteiger partial charge in [0.1, 0.15) is 17.2 Å². The molecule has 8 heteroatoms. The maximum atomic E-state index is 12.7. The van der Waals surface area contributed by atoms with Gasteiger partial charge in [-0.1, -0.05) is 0 Å². The summed E-state index contributed by atoms with van der Waals surface area (Å²) >= 11 is 1.44. The molecule has 0 N–H and O–H groups in total. The largest absolute Gasteiger partial charge is 0.466 e. The molecule has 0 unspecified atom stereocenters. The summed E-state index contributed by atoms with van der Waals surface area (Å²) in [5.41, 5.74) is 2.41. The molecule has 3 rings (SSSR count). The van der Waals surface area contributed by atoms with E-state index in [-0.39, 0.29) is 29.7 Å². The van der Waals surface area contributed by atoms with Crippen molar-refractivity contribution in [2.75, 3.05) is 12.4 Å². The van der Waals surface area contributed by atoms with Gasteiger partial charge in [-0.25, -0.2) is 4.79 Å². The first-order valence-electron chi connectivity index (χ1n) is 9.54. The molecule has 1 saturated heterocycles. The molecule has 3 heterocycles. The summed E-state index contributed by atoms with van der Waals surface area (Å²) in [6.07, 6.45) is 1.53. The molecule has 156 valence electrons. The smallest absolute Gasteiger partial charge is 0.330 e. The zero-order valence-electron chi connectivity index (χ0n) is 17.3. The molecule has 0 radical (unpaired) electrons. The van der Waals surface area contributed by atoms with Crippen molar-refractivity contribution in [1.82, 2.24) is 9.47 Å². The van der Waals surface area contributed by atoms with Crippen LogP contribution < -0.4 is 0 Å². The molecule has 2 atom stereocenters. The lowest BCUT2D eigenvalue weighted by atomic mass is 10.1. The predicted molar refractivity (Wildman–Crippen MR) is 110 cm³/mol. The van der Waals surface area contributed by atoms with E-state index in [4.69, 9.17) is 9.15 Å². The predicted octanol–water partition coefficient (Wildman–Crippen LogP) is 3.67. The second kappa shape index (κ2) is 8.49.